The van der Waals surface area contributed by atoms with Crippen LogP contribution in [0.2, 0.25) is 0 Å². The Morgan fingerprint density at radius 2 is 2.20 bits per heavy atom. The van der Waals surface area contributed by atoms with E-state index in [1.165, 1.54) is 6.42 Å². The fourth-order valence-electron chi connectivity index (χ4n) is 3.71. The van der Waals surface area contributed by atoms with Crippen molar-refractivity contribution < 1.29 is 9.53 Å². The Balaban J connectivity index is 1.56. The summed E-state index contributed by atoms with van der Waals surface area (Å²) in [6.07, 6.45) is 4.46. The molecule has 1 N–H and O–H groups in total. The van der Waals surface area contributed by atoms with Gasteiger partial charge in [0.05, 0.1) is 5.52 Å². The van der Waals surface area contributed by atoms with E-state index < -0.39 is 0 Å². The van der Waals surface area contributed by atoms with Crippen molar-refractivity contribution in [3.05, 3.63) is 30.5 Å². The molecule has 1 aliphatic rings. The molecule has 0 bridgehead atoms. The second kappa shape index (κ2) is 7.91. The molecule has 1 amide bonds. The summed E-state index contributed by atoms with van der Waals surface area (Å²) in [5.41, 5.74) is 1.14. The van der Waals surface area contributed by atoms with Crippen LogP contribution in [0.1, 0.15) is 39.7 Å². The summed E-state index contributed by atoms with van der Waals surface area (Å²) in [5, 5.41) is 4.07. The molecule has 0 saturated carbocycles. The van der Waals surface area contributed by atoms with Crippen molar-refractivity contribution in [3.8, 4) is 5.75 Å². The van der Waals surface area contributed by atoms with Crippen LogP contribution in [0, 0.1) is 0 Å². The zero-order valence-electron chi connectivity index (χ0n) is 15.5. The van der Waals surface area contributed by atoms with Crippen molar-refractivity contribution in [1.82, 2.24) is 14.8 Å². The van der Waals surface area contributed by atoms with Gasteiger partial charge < -0.3 is 14.6 Å². The maximum atomic E-state index is 12.2. The number of carbonyl (C=O) groups excluding carboxylic acids is 1. The van der Waals surface area contributed by atoms with Gasteiger partial charge in [0.2, 0.25) is 0 Å². The van der Waals surface area contributed by atoms with E-state index in [2.05, 4.69) is 53.9 Å². The lowest BCUT2D eigenvalue weighted by atomic mass is 10.2. The van der Waals surface area contributed by atoms with Gasteiger partial charge in [-0.05, 0) is 58.0 Å². The van der Waals surface area contributed by atoms with E-state index in [1.54, 1.807) is 0 Å². The van der Waals surface area contributed by atoms with Gasteiger partial charge in [-0.3, -0.25) is 9.69 Å². The second-order valence-electron chi connectivity index (χ2n) is 7.02. The number of nitrogens with one attached hydrogen (secondary N) is 1. The number of aromatic nitrogens is 1. The average molecular weight is 343 g/mol. The Hall–Kier alpha value is -2.01. The van der Waals surface area contributed by atoms with Crippen LogP contribution < -0.4 is 10.1 Å². The second-order valence-corrected chi connectivity index (χ2v) is 7.02. The summed E-state index contributed by atoms with van der Waals surface area (Å²) >= 11 is 0. The van der Waals surface area contributed by atoms with E-state index in [4.69, 9.17) is 4.74 Å². The van der Waals surface area contributed by atoms with Gasteiger partial charge in [-0.25, -0.2) is 0 Å². The van der Waals surface area contributed by atoms with Crippen molar-refractivity contribution in [2.24, 2.45) is 0 Å². The van der Waals surface area contributed by atoms with Gasteiger partial charge in [-0.15, -0.1) is 0 Å². The molecule has 2 aromatic rings. The number of likely N-dealkylation sites (tertiary alicyclic amines) is 1. The van der Waals surface area contributed by atoms with Crippen LogP contribution in [0.4, 0.5) is 0 Å². The Labute approximate surface area is 149 Å². The van der Waals surface area contributed by atoms with Gasteiger partial charge in [0.25, 0.3) is 5.91 Å². The number of nitrogens with zero attached hydrogens (tertiary/aromatic N) is 2. The monoisotopic (exact) mass is 343 g/mol. The molecule has 136 valence electrons. The molecular weight excluding hydrogens is 314 g/mol. The largest absolute Gasteiger partial charge is 0.483 e. The number of ether oxygens (including phenoxy) is 1. The number of fused-ring (bicyclic) bond motifs is 1. The minimum Gasteiger partial charge on any atom is -0.483 e. The maximum Gasteiger partial charge on any atom is 0.257 e. The van der Waals surface area contributed by atoms with Crippen molar-refractivity contribution in [2.45, 2.75) is 45.7 Å². The van der Waals surface area contributed by atoms with Crippen molar-refractivity contribution in [2.75, 3.05) is 26.2 Å². The van der Waals surface area contributed by atoms with E-state index in [9.17, 15) is 4.79 Å². The highest BCUT2D eigenvalue weighted by Crippen LogP contribution is 2.28. The molecule has 1 aromatic heterocycles. The first-order valence-corrected chi connectivity index (χ1v) is 9.33. The minimum atomic E-state index is -0.0525. The summed E-state index contributed by atoms with van der Waals surface area (Å²) in [5.74, 6) is 0.714. The lowest BCUT2D eigenvalue weighted by molar-refractivity contribution is -0.123. The Morgan fingerprint density at radius 1 is 1.36 bits per heavy atom. The number of rotatable bonds is 7. The molecule has 1 unspecified atom stereocenters. The van der Waals surface area contributed by atoms with Crippen LogP contribution in [0.25, 0.3) is 10.9 Å². The average Bonchev–Trinajstić information content (AvgIpc) is 3.24. The molecule has 1 fully saturated rings. The fourth-order valence-corrected chi connectivity index (χ4v) is 3.71. The number of hydrogen-bond donors (Lipinski definition) is 1. The molecule has 0 aliphatic carbocycles. The van der Waals surface area contributed by atoms with Crippen LogP contribution in [0.15, 0.2) is 30.5 Å². The highest BCUT2D eigenvalue weighted by molar-refractivity contribution is 5.87. The number of amides is 1. The summed E-state index contributed by atoms with van der Waals surface area (Å²) in [4.78, 5) is 14.6. The third-order valence-corrected chi connectivity index (χ3v) is 5.08. The van der Waals surface area contributed by atoms with Crippen molar-refractivity contribution >= 4 is 16.8 Å². The molecule has 1 saturated heterocycles. The number of benzene rings is 1. The van der Waals surface area contributed by atoms with Crippen LogP contribution >= 0.6 is 0 Å². The molecule has 1 atom stereocenters. The van der Waals surface area contributed by atoms with Gasteiger partial charge in [0.15, 0.2) is 6.61 Å². The molecule has 3 rings (SSSR count). The summed E-state index contributed by atoms with van der Waals surface area (Å²) < 4.78 is 8.01. The summed E-state index contributed by atoms with van der Waals surface area (Å²) in [6.45, 7) is 9.45. The first kappa shape index (κ1) is 17.8. The molecule has 5 nitrogen and oxygen atoms in total. The topological polar surface area (TPSA) is 46.5 Å². The molecule has 2 heterocycles. The Morgan fingerprint density at radius 3 is 2.96 bits per heavy atom. The number of carbonyl (C=O) groups is 1. The standard InChI is InChI=1S/C20H29N3O2/c1-4-22-11-6-7-16(22)13-21-20(24)14-25-19-9-5-8-18-17(19)10-12-23(18)15(2)3/h5,8-10,12,15-16H,4,6-7,11,13-14H2,1-3H3,(H,21,24). The predicted molar refractivity (Wildman–Crippen MR) is 101 cm³/mol. The van der Waals surface area contributed by atoms with E-state index in [1.807, 2.05) is 12.1 Å². The smallest absolute Gasteiger partial charge is 0.257 e. The maximum absolute atomic E-state index is 12.2. The van der Waals surface area contributed by atoms with Gasteiger partial charge in [-0.2, -0.15) is 0 Å². The van der Waals surface area contributed by atoms with Crippen LogP contribution in [0.3, 0.4) is 0 Å². The van der Waals surface area contributed by atoms with Crippen molar-refractivity contribution in [1.29, 1.82) is 0 Å². The summed E-state index contributed by atoms with van der Waals surface area (Å²) in [6, 6.07) is 8.91. The first-order chi connectivity index (χ1) is 12.1. The van der Waals surface area contributed by atoms with Gasteiger partial charge in [-0.1, -0.05) is 13.0 Å². The number of likely N-dealkylation sites (N-methyl/N-ethyl adjacent to an activating group) is 1. The highest BCUT2D eigenvalue weighted by atomic mass is 16.5. The van der Waals surface area contributed by atoms with Crippen molar-refractivity contribution in [3.63, 3.8) is 0 Å². The molecular formula is C20H29N3O2. The quantitative estimate of drug-likeness (QED) is 0.840. The lowest BCUT2D eigenvalue weighted by Gasteiger charge is -2.22. The van der Waals surface area contributed by atoms with Gasteiger partial charge in [0, 0.05) is 30.2 Å². The third-order valence-electron chi connectivity index (χ3n) is 5.08. The van der Waals surface area contributed by atoms with Crippen LogP contribution in [-0.4, -0.2) is 47.7 Å². The highest BCUT2D eigenvalue weighted by Gasteiger charge is 2.23. The minimum absolute atomic E-state index is 0.0525. The molecule has 1 aromatic carbocycles. The predicted octanol–water partition coefficient (Wildman–Crippen LogP) is 3.20. The van der Waals surface area contributed by atoms with Gasteiger partial charge in [0.1, 0.15) is 5.75 Å². The van der Waals surface area contributed by atoms with E-state index in [-0.39, 0.29) is 12.5 Å². The van der Waals surface area contributed by atoms with Gasteiger partial charge >= 0.3 is 0 Å². The van der Waals surface area contributed by atoms with Crippen LogP contribution in [-0.2, 0) is 4.79 Å². The van der Waals surface area contributed by atoms with E-state index in [0.717, 1.165) is 36.2 Å². The third kappa shape index (κ3) is 3.98. The zero-order valence-corrected chi connectivity index (χ0v) is 15.5. The normalized spacial score (nSPS) is 18.2. The fraction of sp³-hybridized carbons (Fsp3) is 0.550. The van der Waals surface area contributed by atoms with E-state index in [0.29, 0.717) is 18.6 Å². The first-order valence-electron chi connectivity index (χ1n) is 9.33. The molecule has 1 aliphatic heterocycles. The summed E-state index contributed by atoms with van der Waals surface area (Å²) in [7, 11) is 0. The molecule has 0 radical (unpaired) electrons. The molecule has 5 heteroatoms. The lowest BCUT2D eigenvalue weighted by Crippen LogP contribution is -2.41. The zero-order chi connectivity index (χ0) is 17.8. The molecule has 25 heavy (non-hydrogen) atoms. The SMILES string of the molecule is CCN1CCCC1CNC(=O)COc1cccc2c1ccn2C(C)C. The number of hydrogen-bond acceptors (Lipinski definition) is 3. The Bertz CT molecular complexity index is 723. The van der Waals surface area contributed by atoms with E-state index >= 15 is 0 Å². The Kier molecular flexibility index (Phi) is 5.63. The van der Waals surface area contributed by atoms with Crippen LogP contribution in [0.5, 0.6) is 5.75 Å². The molecule has 0 spiro atoms.